The van der Waals surface area contributed by atoms with E-state index in [-0.39, 0.29) is 0 Å². The highest BCUT2D eigenvalue weighted by molar-refractivity contribution is 5.05. The van der Waals surface area contributed by atoms with Gasteiger partial charge >= 0.3 is 0 Å². The molecule has 0 amide bonds. The molecule has 17 heavy (non-hydrogen) atoms. The summed E-state index contributed by atoms with van der Waals surface area (Å²) in [4.78, 5) is 0. The summed E-state index contributed by atoms with van der Waals surface area (Å²) in [6, 6.07) is 3.88. The van der Waals surface area contributed by atoms with Gasteiger partial charge in [-0.25, -0.2) is 0 Å². The van der Waals surface area contributed by atoms with E-state index in [4.69, 9.17) is 9.15 Å². The van der Waals surface area contributed by atoms with Crippen LogP contribution >= 0.6 is 0 Å². The molecule has 96 valence electrons. The molecule has 1 aromatic heterocycles. The Balaban J connectivity index is 1.51. The van der Waals surface area contributed by atoms with Crippen LogP contribution in [0.25, 0.3) is 0 Å². The number of aryl methyl sites for hydroxylation is 1. The van der Waals surface area contributed by atoms with E-state index in [9.17, 15) is 5.11 Å². The van der Waals surface area contributed by atoms with E-state index in [1.807, 2.05) is 19.1 Å². The molecular formula is C13H21NO3. The van der Waals surface area contributed by atoms with Crippen molar-refractivity contribution in [3.63, 3.8) is 0 Å². The molecule has 0 aliphatic heterocycles. The molecule has 1 saturated carbocycles. The van der Waals surface area contributed by atoms with Gasteiger partial charge in [-0.15, -0.1) is 0 Å². The Hall–Kier alpha value is -0.840. The zero-order valence-corrected chi connectivity index (χ0v) is 10.3. The monoisotopic (exact) mass is 239 g/mol. The summed E-state index contributed by atoms with van der Waals surface area (Å²) >= 11 is 0. The van der Waals surface area contributed by atoms with Crippen LogP contribution in [0.3, 0.4) is 0 Å². The van der Waals surface area contributed by atoms with E-state index >= 15 is 0 Å². The number of furan rings is 1. The lowest BCUT2D eigenvalue weighted by atomic mass is 10.3. The minimum Gasteiger partial charge on any atom is -0.465 e. The molecule has 0 spiro atoms. The van der Waals surface area contributed by atoms with Gasteiger partial charge in [0.25, 0.3) is 0 Å². The molecule has 4 nitrogen and oxygen atoms in total. The molecule has 1 fully saturated rings. The van der Waals surface area contributed by atoms with Gasteiger partial charge in [0.1, 0.15) is 11.5 Å². The average molecular weight is 239 g/mol. The lowest BCUT2D eigenvalue weighted by Crippen LogP contribution is -2.30. The molecule has 1 atom stereocenters. The van der Waals surface area contributed by atoms with Crippen molar-refractivity contribution >= 4 is 0 Å². The molecular weight excluding hydrogens is 218 g/mol. The number of ether oxygens (including phenoxy) is 1. The van der Waals surface area contributed by atoms with Crippen LogP contribution in [0.1, 0.15) is 24.4 Å². The first-order valence-corrected chi connectivity index (χ1v) is 6.26. The van der Waals surface area contributed by atoms with Crippen LogP contribution in [-0.2, 0) is 11.3 Å². The Morgan fingerprint density at radius 1 is 1.53 bits per heavy atom. The molecule has 0 saturated heterocycles. The van der Waals surface area contributed by atoms with E-state index in [0.29, 0.717) is 19.7 Å². The van der Waals surface area contributed by atoms with Gasteiger partial charge in [0.05, 0.1) is 19.3 Å². The number of hydrogen-bond acceptors (Lipinski definition) is 4. The van der Waals surface area contributed by atoms with Crippen LogP contribution < -0.4 is 5.32 Å². The third-order valence-corrected chi connectivity index (χ3v) is 2.84. The van der Waals surface area contributed by atoms with Crippen molar-refractivity contribution in [1.82, 2.24) is 5.32 Å². The first-order chi connectivity index (χ1) is 8.24. The number of aliphatic hydroxyl groups is 1. The minimum atomic E-state index is -0.440. The second-order valence-corrected chi connectivity index (χ2v) is 4.78. The third-order valence-electron chi connectivity index (χ3n) is 2.84. The summed E-state index contributed by atoms with van der Waals surface area (Å²) in [6.07, 6.45) is 2.13. The quantitative estimate of drug-likeness (QED) is 0.721. The average Bonchev–Trinajstić information content (AvgIpc) is 3.02. The first-order valence-electron chi connectivity index (χ1n) is 6.26. The number of hydrogen-bond donors (Lipinski definition) is 2. The van der Waals surface area contributed by atoms with Gasteiger partial charge in [-0.3, -0.25) is 0 Å². The predicted molar refractivity (Wildman–Crippen MR) is 64.7 cm³/mol. The highest BCUT2D eigenvalue weighted by atomic mass is 16.5. The maximum Gasteiger partial charge on any atom is 0.117 e. The molecule has 2 rings (SSSR count). The number of nitrogens with one attached hydrogen (secondary N) is 1. The SMILES string of the molecule is Cc1ccc(CNCC(O)COCC2CC2)o1. The van der Waals surface area contributed by atoms with Gasteiger partial charge in [0.2, 0.25) is 0 Å². The topological polar surface area (TPSA) is 54.6 Å². The van der Waals surface area contributed by atoms with Gasteiger partial charge in [-0.2, -0.15) is 0 Å². The zero-order chi connectivity index (χ0) is 12.1. The standard InChI is InChI=1S/C13H21NO3/c1-10-2-5-13(17-10)7-14-6-12(15)9-16-8-11-3-4-11/h2,5,11-12,14-15H,3-4,6-9H2,1H3. The van der Waals surface area contributed by atoms with Crippen LogP contribution in [-0.4, -0.2) is 31.0 Å². The van der Waals surface area contributed by atoms with E-state index in [0.717, 1.165) is 24.0 Å². The highest BCUT2D eigenvalue weighted by Gasteiger charge is 2.21. The summed E-state index contributed by atoms with van der Waals surface area (Å²) in [6.45, 7) is 4.32. The molecule has 1 aliphatic carbocycles. The van der Waals surface area contributed by atoms with Gasteiger partial charge in [-0.1, -0.05) is 0 Å². The minimum absolute atomic E-state index is 0.417. The molecule has 0 bridgehead atoms. The lowest BCUT2D eigenvalue weighted by Gasteiger charge is -2.11. The fraction of sp³-hybridized carbons (Fsp3) is 0.692. The van der Waals surface area contributed by atoms with Crippen molar-refractivity contribution in [1.29, 1.82) is 0 Å². The van der Waals surface area contributed by atoms with Gasteiger partial charge in [-0.05, 0) is 37.8 Å². The Labute approximate surface area is 102 Å². The molecule has 4 heteroatoms. The summed E-state index contributed by atoms with van der Waals surface area (Å²) < 4.78 is 10.8. The second-order valence-electron chi connectivity index (χ2n) is 4.78. The van der Waals surface area contributed by atoms with Crippen LogP contribution in [0.15, 0.2) is 16.5 Å². The van der Waals surface area contributed by atoms with Gasteiger partial charge < -0.3 is 19.6 Å². The molecule has 0 aromatic carbocycles. The Morgan fingerprint density at radius 2 is 2.35 bits per heavy atom. The van der Waals surface area contributed by atoms with Crippen molar-refractivity contribution < 1.29 is 14.3 Å². The fourth-order valence-corrected chi connectivity index (χ4v) is 1.66. The fourth-order valence-electron chi connectivity index (χ4n) is 1.66. The Kier molecular flexibility index (Phi) is 4.59. The number of aliphatic hydroxyl groups excluding tert-OH is 1. The van der Waals surface area contributed by atoms with Crippen molar-refractivity contribution in [3.8, 4) is 0 Å². The van der Waals surface area contributed by atoms with Crippen LogP contribution in [0.5, 0.6) is 0 Å². The van der Waals surface area contributed by atoms with E-state index in [2.05, 4.69) is 5.32 Å². The van der Waals surface area contributed by atoms with Crippen LogP contribution in [0, 0.1) is 12.8 Å². The van der Waals surface area contributed by atoms with Crippen molar-refractivity contribution in [2.24, 2.45) is 5.92 Å². The lowest BCUT2D eigenvalue weighted by molar-refractivity contribution is 0.0322. The molecule has 1 aliphatic rings. The van der Waals surface area contributed by atoms with Gasteiger partial charge in [0.15, 0.2) is 0 Å². The van der Waals surface area contributed by atoms with Crippen molar-refractivity contribution in [2.75, 3.05) is 19.8 Å². The van der Waals surface area contributed by atoms with E-state index < -0.39 is 6.10 Å². The first kappa shape index (κ1) is 12.6. The zero-order valence-electron chi connectivity index (χ0n) is 10.3. The summed E-state index contributed by atoms with van der Waals surface area (Å²) in [5, 5.41) is 12.8. The molecule has 2 N–H and O–H groups in total. The molecule has 1 aromatic rings. The Bertz CT molecular complexity index is 333. The van der Waals surface area contributed by atoms with Crippen LogP contribution in [0.2, 0.25) is 0 Å². The Morgan fingerprint density at radius 3 is 3.00 bits per heavy atom. The number of rotatable bonds is 8. The molecule has 1 heterocycles. The van der Waals surface area contributed by atoms with Crippen LogP contribution in [0.4, 0.5) is 0 Å². The normalized spacial score (nSPS) is 17.3. The summed E-state index contributed by atoms with van der Waals surface area (Å²) in [5.74, 6) is 2.56. The smallest absolute Gasteiger partial charge is 0.117 e. The second kappa shape index (κ2) is 6.19. The molecule has 1 unspecified atom stereocenters. The van der Waals surface area contributed by atoms with Crippen molar-refractivity contribution in [3.05, 3.63) is 23.7 Å². The maximum atomic E-state index is 9.65. The molecule has 0 radical (unpaired) electrons. The van der Waals surface area contributed by atoms with E-state index in [1.54, 1.807) is 0 Å². The van der Waals surface area contributed by atoms with Crippen molar-refractivity contribution in [2.45, 2.75) is 32.4 Å². The highest BCUT2D eigenvalue weighted by Crippen LogP contribution is 2.28. The van der Waals surface area contributed by atoms with E-state index in [1.165, 1.54) is 12.8 Å². The maximum absolute atomic E-state index is 9.65. The van der Waals surface area contributed by atoms with Gasteiger partial charge in [0, 0.05) is 13.2 Å². The predicted octanol–water partition coefficient (Wildman–Crippen LogP) is 1.47. The summed E-state index contributed by atoms with van der Waals surface area (Å²) in [5.41, 5.74) is 0. The third kappa shape index (κ3) is 4.89. The largest absolute Gasteiger partial charge is 0.465 e. The summed E-state index contributed by atoms with van der Waals surface area (Å²) in [7, 11) is 0.